The Morgan fingerprint density at radius 1 is 1.14 bits per heavy atom. The molecule has 0 bridgehead atoms. The molecular weight excluding hydrogens is 480 g/mol. The molecule has 0 saturated carbocycles. The van der Waals surface area contributed by atoms with Gasteiger partial charge in [-0.1, -0.05) is 18.2 Å². The first-order valence-electron chi connectivity index (χ1n) is 12.1. The molecular formula is C26H26N4O5S. The van der Waals surface area contributed by atoms with Crippen molar-refractivity contribution in [2.75, 3.05) is 35.7 Å². The van der Waals surface area contributed by atoms with Crippen LogP contribution in [0.5, 0.6) is 0 Å². The molecule has 3 N–H and O–H groups in total. The van der Waals surface area contributed by atoms with Crippen LogP contribution in [0.3, 0.4) is 0 Å². The van der Waals surface area contributed by atoms with E-state index in [1.54, 1.807) is 15.5 Å². The topological polar surface area (TPSA) is 113 Å². The molecule has 1 aromatic heterocycles. The molecule has 0 radical (unpaired) electrons. The summed E-state index contributed by atoms with van der Waals surface area (Å²) >= 11 is 1.48. The number of cyclic esters (lactones) is 1. The summed E-state index contributed by atoms with van der Waals surface area (Å²) in [5.41, 5.74) is 3.20. The summed E-state index contributed by atoms with van der Waals surface area (Å²) < 4.78 is 7.30. The molecule has 6 rings (SSSR count). The highest BCUT2D eigenvalue weighted by molar-refractivity contribution is 8.00. The minimum absolute atomic E-state index is 0.0473. The SMILES string of the molecule is O=C1CSc2ccc(N3C[C@H](CCCN[C@@H]4c5cccc6ccc(=O)n(c56)[C@H]4CO)OC3=O)cc2N1. The molecule has 36 heavy (non-hydrogen) atoms. The average Bonchev–Trinajstić information content (AvgIpc) is 3.42. The molecule has 10 heteroatoms. The fourth-order valence-electron chi connectivity index (χ4n) is 5.42. The molecule has 0 aliphatic carbocycles. The van der Waals surface area contributed by atoms with Crippen LogP contribution in [0, 0.1) is 0 Å². The summed E-state index contributed by atoms with van der Waals surface area (Å²) in [7, 11) is 0. The number of carbonyl (C=O) groups is 2. The highest BCUT2D eigenvalue weighted by Gasteiger charge is 2.35. The zero-order valence-electron chi connectivity index (χ0n) is 19.5. The van der Waals surface area contributed by atoms with Crippen LogP contribution >= 0.6 is 11.8 Å². The van der Waals surface area contributed by atoms with Crippen molar-refractivity contribution in [2.45, 2.75) is 35.9 Å². The Balaban J connectivity index is 1.08. The van der Waals surface area contributed by atoms with Crippen LogP contribution in [0.2, 0.25) is 0 Å². The number of ether oxygens (including phenoxy) is 1. The lowest BCUT2D eigenvalue weighted by Crippen LogP contribution is -2.33. The highest BCUT2D eigenvalue weighted by Crippen LogP contribution is 2.39. The molecule has 186 valence electrons. The molecule has 4 heterocycles. The highest BCUT2D eigenvalue weighted by atomic mass is 32.2. The van der Waals surface area contributed by atoms with Gasteiger partial charge in [-0.05, 0) is 54.6 Å². The number of thioether (sulfide) groups is 1. The number of nitrogens with zero attached hydrogens (tertiary/aromatic N) is 2. The van der Waals surface area contributed by atoms with Gasteiger partial charge >= 0.3 is 6.09 Å². The number of hydrogen-bond donors (Lipinski definition) is 3. The van der Waals surface area contributed by atoms with Gasteiger partial charge in [0, 0.05) is 16.6 Å². The van der Waals surface area contributed by atoms with E-state index in [0.29, 0.717) is 31.0 Å². The number of aliphatic hydroxyl groups excluding tert-OH is 1. The Kier molecular flexibility index (Phi) is 5.94. The van der Waals surface area contributed by atoms with E-state index in [2.05, 4.69) is 10.6 Å². The monoisotopic (exact) mass is 506 g/mol. The number of nitrogens with one attached hydrogen (secondary N) is 2. The number of hydrogen-bond acceptors (Lipinski definition) is 7. The predicted molar refractivity (Wildman–Crippen MR) is 138 cm³/mol. The van der Waals surface area contributed by atoms with Crippen molar-refractivity contribution in [1.29, 1.82) is 0 Å². The zero-order valence-corrected chi connectivity index (χ0v) is 20.3. The molecule has 3 atom stereocenters. The van der Waals surface area contributed by atoms with E-state index < -0.39 is 0 Å². The second-order valence-corrected chi connectivity index (χ2v) is 10.3. The van der Waals surface area contributed by atoms with E-state index in [-0.39, 0.29) is 42.4 Å². The summed E-state index contributed by atoms with van der Waals surface area (Å²) in [6.07, 6.45) is 0.818. The van der Waals surface area contributed by atoms with Crippen LogP contribution in [0.4, 0.5) is 16.2 Å². The lowest BCUT2D eigenvalue weighted by atomic mass is 10.0. The molecule has 1 saturated heterocycles. The number of aromatic nitrogens is 1. The van der Waals surface area contributed by atoms with Gasteiger partial charge in [-0.3, -0.25) is 14.5 Å². The van der Waals surface area contributed by atoms with E-state index in [1.807, 2.05) is 42.5 Å². The smallest absolute Gasteiger partial charge is 0.414 e. The van der Waals surface area contributed by atoms with E-state index in [4.69, 9.17) is 4.74 Å². The maximum absolute atomic E-state index is 12.5. The van der Waals surface area contributed by atoms with Crippen molar-refractivity contribution in [3.63, 3.8) is 0 Å². The lowest BCUT2D eigenvalue weighted by Gasteiger charge is -2.22. The molecule has 1 fully saturated rings. The summed E-state index contributed by atoms with van der Waals surface area (Å²) in [5, 5.41) is 17.4. The maximum atomic E-state index is 12.5. The second-order valence-electron chi connectivity index (χ2n) is 9.28. The number of anilines is 2. The number of fused-ring (bicyclic) bond motifs is 1. The minimum Gasteiger partial charge on any atom is -0.444 e. The zero-order chi connectivity index (χ0) is 24.8. The van der Waals surface area contributed by atoms with Gasteiger partial charge in [0.25, 0.3) is 5.56 Å². The predicted octanol–water partition coefficient (Wildman–Crippen LogP) is 3.03. The third-order valence-corrected chi connectivity index (χ3v) is 8.14. The third kappa shape index (κ3) is 3.95. The minimum atomic E-state index is -0.389. The molecule has 0 unspecified atom stereocenters. The Morgan fingerprint density at radius 3 is 2.89 bits per heavy atom. The normalized spacial score (nSPS) is 22.6. The fourth-order valence-corrected chi connectivity index (χ4v) is 6.21. The van der Waals surface area contributed by atoms with E-state index in [1.165, 1.54) is 11.8 Å². The number of carbonyl (C=O) groups excluding carboxylic acids is 2. The molecule has 9 nitrogen and oxygen atoms in total. The van der Waals surface area contributed by atoms with Crippen molar-refractivity contribution in [3.8, 4) is 0 Å². The third-order valence-electron chi connectivity index (χ3n) is 7.07. The van der Waals surface area contributed by atoms with Crippen molar-refractivity contribution in [2.24, 2.45) is 0 Å². The molecule has 3 aliphatic heterocycles. The largest absolute Gasteiger partial charge is 0.444 e. The average molecular weight is 507 g/mol. The van der Waals surface area contributed by atoms with Crippen LogP contribution in [0.1, 0.15) is 30.5 Å². The number of para-hydroxylation sites is 1. The Labute approximate surface area is 211 Å². The van der Waals surface area contributed by atoms with Crippen molar-refractivity contribution in [3.05, 3.63) is 64.4 Å². The quantitative estimate of drug-likeness (QED) is 0.422. The van der Waals surface area contributed by atoms with Crippen molar-refractivity contribution < 1.29 is 19.4 Å². The molecule has 3 aromatic rings. The van der Waals surface area contributed by atoms with Gasteiger partial charge in [0.1, 0.15) is 6.10 Å². The second kappa shape index (κ2) is 9.27. The van der Waals surface area contributed by atoms with Gasteiger partial charge in [0.15, 0.2) is 0 Å². The summed E-state index contributed by atoms with van der Waals surface area (Å²) in [6, 6.07) is 14.4. The molecule has 3 aliphatic rings. The van der Waals surface area contributed by atoms with Crippen molar-refractivity contribution >= 4 is 46.0 Å². The number of rotatable bonds is 7. The van der Waals surface area contributed by atoms with Gasteiger partial charge in [0.05, 0.1) is 42.2 Å². The van der Waals surface area contributed by atoms with Crippen molar-refractivity contribution in [1.82, 2.24) is 9.88 Å². The molecule has 2 aromatic carbocycles. The first-order chi connectivity index (χ1) is 17.5. The Morgan fingerprint density at radius 2 is 2.03 bits per heavy atom. The van der Waals surface area contributed by atoms with Gasteiger partial charge in [-0.25, -0.2) is 4.79 Å². The summed E-state index contributed by atoms with van der Waals surface area (Å²) in [4.78, 5) is 39.4. The van der Waals surface area contributed by atoms with E-state index in [0.717, 1.165) is 33.5 Å². The number of amides is 2. The van der Waals surface area contributed by atoms with E-state index in [9.17, 15) is 19.5 Å². The van der Waals surface area contributed by atoms with Gasteiger partial charge < -0.3 is 25.0 Å². The van der Waals surface area contributed by atoms with Crippen LogP contribution in [-0.4, -0.2) is 53.2 Å². The first-order valence-corrected chi connectivity index (χ1v) is 13.1. The Bertz CT molecular complexity index is 1420. The summed E-state index contributed by atoms with van der Waals surface area (Å²) in [5.74, 6) is 0.348. The van der Waals surface area contributed by atoms with Crippen LogP contribution in [0.25, 0.3) is 10.9 Å². The van der Waals surface area contributed by atoms with Gasteiger partial charge in [0.2, 0.25) is 5.91 Å². The van der Waals surface area contributed by atoms with Gasteiger partial charge in [-0.15, -0.1) is 11.8 Å². The van der Waals surface area contributed by atoms with Crippen LogP contribution < -0.4 is 21.1 Å². The molecule has 0 spiro atoms. The first kappa shape index (κ1) is 23.1. The van der Waals surface area contributed by atoms with Crippen LogP contribution in [0.15, 0.2) is 58.2 Å². The van der Waals surface area contributed by atoms with Crippen LogP contribution in [-0.2, 0) is 9.53 Å². The lowest BCUT2D eigenvalue weighted by molar-refractivity contribution is -0.113. The molecule has 2 amide bonds. The number of aliphatic hydroxyl groups is 1. The standard InChI is InChI=1S/C26H26N4O5S/c31-13-20-24(18-5-1-3-15-6-9-23(33)30(20)25(15)18)27-10-2-4-17-12-29(26(34)35-17)16-7-8-21-19(11-16)28-22(32)14-36-21/h1,3,5-9,11,17,20,24,27,31H,2,4,10,12-14H2,(H,28,32)/t17-,20-,24+/m0/s1. The Hall–Kier alpha value is -3.34. The van der Waals surface area contributed by atoms with Gasteiger partial charge in [-0.2, -0.15) is 0 Å². The number of pyridine rings is 1. The number of benzene rings is 2. The van der Waals surface area contributed by atoms with E-state index >= 15 is 0 Å². The summed E-state index contributed by atoms with van der Waals surface area (Å²) in [6.45, 7) is 0.957. The maximum Gasteiger partial charge on any atom is 0.414 e. The fraction of sp³-hybridized carbons (Fsp3) is 0.346.